The number of rotatable bonds is 7. The van der Waals surface area contributed by atoms with Crippen molar-refractivity contribution >= 4 is 22.7 Å². The molecule has 0 radical (unpaired) electrons. The fourth-order valence-electron chi connectivity index (χ4n) is 3.09. The van der Waals surface area contributed by atoms with Gasteiger partial charge in [-0.25, -0.2) is 4.98 Å². The second-order valence-electron chi connectivity index (χ2n) is 6.74. The predicted molar refractivity (Wildman–Crippen MR) is 116 cm³/mol. The van der Waals surface area contributed by atoms with Gasteiger partial charge in [0.25, 0.3) is 5.91 Å². The van der Waals surface area contributed by atoms with Crippen LogP contribution < -0.4 is 14.8 Å². The SMILES string of the molecule is CCc1ccc(OCC(=O)Nc2cc(-c3nc4ccccc4o3)ccc2OC)cc1. The van der Waals surface area contributed by atoms with Crippen molar-refractivity contribution in [1.29, 1.82) is 0 Å². The van der Waals surface area contributed by atoms with Crippen molar-refractivity contribution < 1.29 is 18.7 Å². The smallest absolute Gasteiger partial charge is 0.262 e. The van der Waals surface area contributed by atoms with Crippen LogP contribution in [0.1, 0.15) is 12.5 Å². The number of fused-ring (bicyclic) bond motifs is 1. The number of aryl methyl sites for hydroxylation is 1. The number of amides is 1. The minimum atomic E-state index is -0.289. The van der Waals surface area contributed by atoms with Crippen molar-refractivity contribution in [3.63, 3.8) is 0 Å². The van der Waals surface area contributed by atoms with Gasteiger partial charge in [0.1, 0.15) is 17.0 Å². The number of hydrogen-bond acceptors (Lipinski definition) is 5. The maximum absolute atomic E-state index is 12.4. The number of anilines is 1. The summed E-state index contributed by atoms with van der Waals surface area (Å²) in [7, 11) is 1.55. The van der Waals surface area contributed by atoms with Crippen LogP contribution in [0.3, 0.4) is 0 Å². The standard InChI is InChI=1S/C24H22N2O4/c1-3-16-8-11-18(12-9-16)29-15-23(27)25-20-14-17(10-13-21(20)28-2)24-26-19-6-4-5-7-22(19)30-24/h4-14H,3,15H2,1-2H3,(H,25,27). The number of carbonyl (C=O) groups is 1. The monoisotopic (exact) mass is 402 g/mol. The topological polar surface area (TPSA) is 73.6 Å². The Hall–Kier alpha value is -3.80. The zero-order chi connectivity index (χ0) is 20.9. The van der Waals surface area contributed by atoms with Gasteiger partial charge in [-0.3, -0.25) is 4.79 Å². The van der Waals surface area contributed by atoms with Crippen molar-refractivity contribution in [2.75, 3.05) is 19.0 Å². The van der Waals surface area contributed by atoms with Gasteiger partial charge in [-0.1, -0.05) is 31.2 Å². The van der Waals surface area contributed by atoms with Gasteiger partial charge >= 0.3 is 0 Å². The Morgan fingerprint density at radius 3 is 2.60 bits per heavy atom. The summed E-state index contributed by atoms with van der Waals surface area (Å²) in [6, 6.07) is 20.6. The van der Waals surface area contributed by atoms with Gasteiger partial charge in [0, 0.05) is 5.56 Å². The van der Waals surface area contributed by atoms with Crippen molar-refractivity contribution in [2.45, 2.75) is 13.3 Å². The molecule has 1 aromatic heterocycles. The Morgan fingerprint density at radius 1 is 1.07 bits per heavy atom. The molecular weight excluding hydrogens is 380 g/mol. The molecule has 0 unspecified atom stereocenters. The third-order valence-corrected chi connectivity index (χ3v) is 4.72. The number of nitrogens with zero attached hydrogens (tertiary/aromatic N) is 1. The summed E-state index contributed by atoms with van der Waals surface area (Å²) < 4.78 is 16.8. The molecule has 0 bridgehead atoms. The molecule has 4 aromatic rings. The lowest BCUT2D eigenvalue weighted by atomic mass is 10.2. The van der Waals surface area contributed by atoms with E-state index in [1.807, 2.05) is 54.6 Å². The van der Waals surface area contributed by atoms with Gasteiger partial charge in [0.05, 0.1) is 12.8 Å². The van der Waals surface area contributed by atoms with Gasteiger partial charge in [-0.2, -0.15) is 0 Å². The van der Waals surface area contributed by atoms with Crippen LogP contribution in [-0.4, -0.2) is 24.6 Å². The van der Waals surface area contributed by atoms with Crippen LogP contribution in [0.2, 0.25) is 0 Å². The third kappa shape index (κ3) is 4.27. The average molecular weight is 402 g/mol. The van der Waals surface area contributed by atoms with Crippen molar-refractivity contribution in [1.82, 2.24) is 4.98 Å². The van der Waals surface area contributed by atoms with E-state index < -0.39 is 0 Å². The highest BCUT2D eigenvalue weighted by molar-refractivity contribution is 5.94. The Morgan fingerprint density at radius 2 is 1.87 bits per heavy atom. The minimum Gasteiger partial charge on any atom is -0.495 e. The van der Waals surface area contributed by atoms with E-state index in [-0.39, 0.29) is 12.5 Å². The summed E-state index contributed by atoms with van der Waals surface area (Å²) in [5, 5.41) is 2.84. The van der Waals surface area contributed by atoms with E-state index in [4.69, 9.17) is 13.9 Å². The third-order valence-electron chi connectivity index (χ3n) is 4.72. The molecule has 0 atom stereocenters. The number of hydrogen-bond donors (Lipinski definition) is 1. The molecule has 6 heteroatoms. The molecule has 6 nitrogen and oxygen atoms in total. The highest BCUT2D eigenvalue weighted by Gasteiger charge is 2.13. The Kier molecular flexibility index (Phi) is 5.66. The predicted octanol–water partition coefficient (Wildman–Crippen LogP) is 5.08. The van der Waals surface area contributed by atoms with Crippen molar-refractivity contribution in [3.8, 4) is 23.0 Å². The second kappa shape index (κ2) is 8.69. The molecule has 0 aliphatic rings. The molecule has 0 fully saturated rings. The molecule has 0 aliphatic heterocycles. The normalized spacial score (nSPS) is 10.7. The van der Waals surface area contributed by atoms with E-state index in [1.165, 1.54) is 5.56 Å². The first kappa shape index (κ1) is 19.5. The Balaban J connectivity index is 1.49. The molecule has 1 heterocycles. The van der Waals surface area contributed by atoms with Crippen LogP contribution >= 0.6 is 0 Å². The molecule has 1 amide bonds. The van der Waals surface area contributed by atoms with Gasteiger partial charge in [0.2, 0.25) is 5.89 Å². The number of nitrogens with one attached hydrogen (secondary N) is 1. The van der Waals surface area contributed by atoms with Gasteiger partial charge < -0.3 is 19.2 Å². The number of ether oxygens (including phenoxy) is 2. The van der Waals surface area contributed by atoms with Crippen LogP contribution in [0.5, 0.6) is 11.5 Å². The van der Waals surface area contributed by atoms with E-state index in [0.717, 1.165) is 17.5 Å². The Bertz CT molecular complexity index is 1130. The fraction of sp³-hybridized carbons (Fsp3) is 0.167. The lowest BCUT2D eigenvalue weighted by Gasteiger charge is -2.12. The van der Waals surface area contributed by atoms with Gasteiger partial charge in [-0.05, 0) is 54.4 Å². The maximum atomic E-state index is 12.4. The summed E-state index contributed by atoms with van der Waals surface area (Å²) in [5.74, 6) is 1.37. The fourth-order valence-corrected chi connectivity index (χ4v) is 3.09. The molecule has 4 rings (SSSR count). The number of para-hydroxylation sites is 2. The van der Waals surface area contributed by atoms with E-state index in [1.54, 1.807) is 19.2 Å². The summed E-state index contributed by atoms with van der Waals surface area (Å²) >= 11 is 0. The summed E-state index contributed by atoms with van der Waals surface area (Å²) in [5.41, 5.74) is 3.95. The van der Waals surface area contributed by atoms with E-state index in [9.17, 15) is 4.79 Å². The lowest BCUT2D eigenvalue weighted by Crippen LogP contribution is -2.20. The number of carbonyl (C=O) groups excluding carboxylic acids is 1. The summed E-state index contributed by atoms with van der Waals surface area (Å²) in [6.45, 7) is 1.98. The lowest BCUT2D eigenvalue weighted by molar-refractivity contribution is -0.118. The molecule has 1 N–H and O–H groups in total. The maximum Gasteiger partial charge on any atom is 0.262 e. The second-order valence-corrected chi connectivity index (χ2v) is 6.74. The number of oxazole rings is 1. The van der Waals surface area contributed by atoms with Crippen LogP contribution in [0.15, 0.2) is 71.1 Å². The van der Waals surface area contributed by atoms with Crippen molar-refractivity contribution in [3.05, 3.63) is 72.3 Å². The van der Waals surface area contributed by atoms with E-state index >= 15 is 0 Å². The van der Waals surface area contributed by atoms with Crippen LogP contribution in [0.4, 0.5) is 5.69 Å². The van der Waals surface area contributed by atoms with Crippen LogP contribution in [-0.2, 0) is 11.2 Å². The molecule has 0 spiro atoms. The van der Waals surface area contributed by atoms with E-state index in [0.29, 0.717) is 28.7 Å². The van der Waals surface area contributed by atoms with E-state index in [2.05, 4.69) is 17.2 Å². The molecule has 152 valence electrons. The quantitative estimate of drug-likeness (QED) is 0.466. The molecule has 3 aromatic carbocycles. The number of benzene rings is 3. The molecule has 0 saturated heterocycles. The average Bonchev–Trinajstić information content (AvgIpc) is 3.22. The Labute approximate surface area is 174 Å². The molecule has 30 heavy (non-hydrogen) atoms. The van der Waals surface area contributed by atoms with Gasteiger partial charge in [-0.15, -0.1) is 0 Å². The largest absolute Gasteiger partial charge is 0.495 e. The molecule has 0 saturated carbocycles. The highest BCUT2D eigenvalue weighted by atomic mass is 16.5. The zero-order valence-corrected chi connectivity index (χ0v) is 16.8. The van der Waals surface area contributed by atoms with Crippen LogP contribution in [0.25, 0.3) is 22.6 Å². The van der Waals surface area contributed by atoms with Crippen LogP contribution in [0, 0.1) is 0 Å². The number of aromatic nitrogens is 1. The zero-order valence-electron chi connectivity index (χ0n) is 16.8. The van der Waals surface area contributed by atoms with Gasteiger partial charge in [0.15, 0.2) is 12.2 Å². The van der Waals surface area contributed by atoms with Crippen molar-refractivity contribution in [2.24, 2.45) is 0 Å². The molecule has 0 aliphatic carbocycles. The highest BCUT2D eigenvalue weighted by Crippen LogP contribution is 2.31. The summed E-state index contributed by atoms with van der Waals surface area (Å²) in [6.07, 6.45) is 0.955. The first-order chi connectivity index (χ1) is 14.7. The first-order valence-corrected chi connectivity index (χ1v) is 9.72. The first-order valence-electron chi connectivity index (χ1n) is 9.72. The minimum absolute atomic E-state index is 0.109. The molecular formula is C24H22N2O4. The number of methoxy groups -OCH3 is 1. The summed E-state index contributed by atoms with van der Waals surface area (Å²) in [4.78, 5) is 16.9.